The van der Waals surface area contributed by atoms with Gasteiger partial charge in [0, 0.05) is 11.4 Å². The van der Waals surface area contributed by atoms with Crippen LogP contribution >= 0.6 is 11.6 Å². The molecule has 1 fully saturated rings. The molecule has 114 valence electrons. The van der Waals surface area contributed by atoms with Gasteiger partial charge < -0.3 is 10.1 Å². The average molecular weight is 308 g/mol. The predicted molar refractivity (Wildman–Crippen MR) is 85.7 cm³/mol. The highest BCUT2D eigenvalue weighted by molar-refractivity contribution is 6.20. The number of rotatable bonds is 6. The van der Waals surface area contributed by atoms with Gasteiger partial charge >= 0.3 is 0 Å². The number of carbonyl (C=O) groups excluding carboxylic acids is 1. The van der Waals surface area contributed by atoms with E-state index in [1.807, 2.05) is 36.4 Å². The van der Waals surface area contributed by atoms with Crippen molar-refractivity contribution in [1.29, 1.82) is 0 Å². The molecule has 1 amide bonds. The van der Waals surface area contributed by atoms with E-state index in [4.69, 9.17) is 16.3 Å². The van der Waals surface area contributed by atoms with Crippen LogP contribution < -0.4 is 10.1 Å². The lowest BCUT2D eigenvalue weighted by molar-refractivity contribution is -0.124. The Labute approximate surface area is 131 Å². The van der Waals surface area contributed by atoms with Gasteiger partial charge in [0.15, 0.2) is 6.61 Å². The van der Waals surface area contributed by atoms with Gasteiger partial charge in [-0.2, -0.15) is 0 Å². The predicted octanol–water partition coefficient (Wildman–Crippen LogP) is 3.53. The third kappa shape index (κ3) is 4.78. The third-order valence-corrected chi connectivity index (χ3v) is 4.42. The number of alkyl halides is 1. The normalized spacial score (nSPS) is 25.1. The molecular formula is C17H22ClNO2. The highest BCUT2D eigenvalue weighted by Crippen LogP contribution is 2.31. The number of benzene rings is 1. The summed E-state index contributed by atoms with van der Waals surface area (Å²) in [5.41, 5.74) is 0. The minimum Gasteiger partial charge on any atom is -0.484 e. The second kappa shape index (κ2) is 8.08. The molecule has 0 heterocycles. The van der Waals surface area contributed by atoms with Crippen LogP contribution in [0.25, 0.3) is 0 Å². The van der Waals surface area contributed by atoms with Crippen molar-refractivity contribution in [2.75, 3.05) is 6.61 Å². The number of nitrogens with one attached hydrogen (secondary N) is 1. The van der Waals surface area contributed by atoms with Gasteiger partial charge in [-0.15, -0.1) is 18.2 Å². The van der Waals surface area contributed by atoms with Crippen molar-refractivity contribution in [1.82, 2.24) is 5.32 Å². The smallest absolute Gasteiger partial charge is 0.258 e. The van der Waals surface area contributed by atoms with Gasteiger partial charge in [0.05, 0.1) is 0 Å². The molecule has 1 aliphatic carbocycles. The van der Waals surface area contributed by atoms with Crippen molar-refractivity contribution in [3.8, 4) is 5.75 Å². The van der Waals surface area contributed by atoms with Gasteiger partial charge in [-0.3, -0.25) is 4.79 Å². The lowest BCUT2D eigenvalue weighted by Gasteiger charge is -2.35. The molecule has 21 heavy (non-hydrogen) atoms. The first-order chi connectivity index (χ1) is 10.2. The van der Waals surface area contributed by atoms with Crippen LogP contribution in [0.5, 0.6) is 5.75 Å². The summed E-state index contributed by atoms with van der Waals surface area (Å²) in [4.78, 5) is 12.0. The molecule has 0 aliphatic heterocycles. The van der Waals surface area contributed by atoms with Gasteiger partial charge in [-0.1, -0.05) is 24.3 Å². The Morgan fingerprint density at radius 1 is 1.38 bits per heavy atom. The Kier molecular flexibility index (Phi) is 6.12. The maximum atomic E-state index is 12.0. The van der Waals surface area contributed by atoms with Crippen LogP contribution in [0.4, 0.5) is 0 Å². The fourth-order valence-electron chi connectivity index (χ4n) is 2.81. The van der Waals surface area contributed by atoms with E-state index in [0.29, 0.717) is 5.75 Å². The minimum absolute atomic E-state index is 0.0360. The third-order valence-electron chi connectivity index (χ3n) is 3.87. The Bertz CT molecular complexity index is 463. The fraction of sp³-hybridized carbons (Fsp3) is 0.471. The molecule has 3 nitrogen and oxygen atoms in total. The standard InChI is InChI=1S/C17H22ClNO2/c1-2-7-14-15(18)10-6-11-16(14)19-17(20)12-21-13-8-4-3-5-9-13/h2-5,8-9,14-16H,1,6-7,10-12H2,(H,19,20). The summed E-state index contributed by atoms with van der Waals surface area (Å²) in [6.45, 7) is 3.82. The maximum Gasteiger partial charge on any atom is 0.258 e. The van der Waals surface area contributed by atoms with Gasteiger partial charge in [-0.25, -0.2) is 0 Å². The lowest BCUT2D eigenvalue weighted by atomic mass is 9.82. The molecule has 4 heteroatoms. The molecule has 3 atom stereocenters. The monoisotopic (exact) mass is 307 g/mol. The van der Waals surface area contributed by atoms with Crippen molar-refractivity contribution in [2.45, 2.75) is 37.1 Å². The van der Waals surface area contributed by atoms with Crippen molar-refractivity contribution in [3.63, 3.8) is 0 Å². The molecule has 0 spiro atoms. The highest BCUT2D eigenvalue weighted by Gasteiger charge is 2.32. The zero-order valence-corrected chi connectivity index (χ0v) is 12.9. The number of hydrogen-bond donors (Lipinski definition) is 1. The van der Waals surface area contributed by atoms with E-state index in [1.165, 1.54) is 0 Å². The zero-order chi connectivity index (χ0) is 15.1. The van der Waals surface area contributed by atoms with Gasteiger partial charge in [0.1, 0.15) is 5.75 Å². The molecule has 0 radical (unpaired) electrons. The fourth-order valence-corrected chi connectivity index (χ4v) is 3.24. The van der Waals surface area contributed by atoms with Gasteiger partial charge in [0.2, 0.25) is 0 Å². The van der Waals surface area contributed by atoms with E-state index in [9.17, 15) is 4.79 Å². The van der Waals surface area contributed by atoms with Crippen LogP contribution in [-0.4, -0.2) is 23.9 Å². The SMILES string of the molecule is C=CCC1C(Cl)CCCC1NC(=O)COc1ccccc1. The first-order valence-corrected chi connectivity index (χ1v) is 7.86. The van der Waals surface area contributed by atoms with E-state index < -0.39 is 0 Å². The zero-order valence-electron chi connectivity index (χ0n) is 12.1. The van der Waals surface area contributed by atoms with Crippen LogP contribution in [0.3, 0.4) is 0 Å². The lowest BCUT2D eigenvalue weighted by Crippen LogP contribution is -2.47. The largest absolute Gasteiger partial charge is 0.484 e. The first-order valence-electron chi connectivity index (χ1n) is 7.43. The topological polar surface area (TPSA) is 38.3 Å². The summed E-state index contributed by atoms with van der Waals surface area (Å²) in [6, 6.07) is 9.47. The summed E-state index contributed by atoms with van der Waals surface area (Å²) in [6.07, 6.45) is 5.74. The Balaban J connectivity index is 1.84. The molecule has 2 rings (SSSR count). The van der Waals surface area contributed by atoms with E-state index in [0.717, 1.165) is 25.7 Å². The van der Waals surface area contributed by atoms with Crippen molar-refractivity contribution >= 4 is 17.5 Å². The molecule has 1 aromatic carbocycles. The van der Waals surface area contributed by atoms with Crippen LogP contribution in [0.1, 0.15) is 25.7 Å². The summed E-state index contributed by atoms with van der Waals surface area (Å²) in [7, 11) is 0. The molecule has 0 bridgehead atoms. The van der Waals surface area contributed by atoms with E-state index in [-0.39, 0.29) is 29.9 Å². The molecule has 1 N–H and O–H groups in total. The molecular weight excluding hydrogens is 286 g/mol. The van der Waals surface area contributed by atoms with E-state index >= 15 is 0 Å². The first kappa shape index (κ1) is 15.9. The summed E-state index contributed by atoms with van der Waals surface area (Å²) < 4.78 is 5.47. The highest BCUT2D eigenvalue weighted by atomic mass is 35.5. The number of amides is 1. The molecule has 1 aliphatic rings. The number of carbonyl (C=O) groups is 1. The molecule has 0 aromatic heterocycles. The molecule has 0 saturated heterocycles. The minimum atomic E-state index is -0.0938. The maximum absolute atomic E-state index is 12.0. The second-order valence-electron chi connectivity index (χ2n) is 5.41. The van der Waals surface area contributed by atoms with Crippen LogP contribution in [0.2, 0.25) is 0 Å². The number of allylic oxidation sites excluding steroid dienone is 1. The van der Waals surface area contributed by atoms with E-state index in [1.54, 1.807) is 0 Å². The number of ether oxygens (including phenoxy) is 1. The van der Waals surface area contributed by atoms with E-state index in [2.05, 4.69) is 11.9 Å². The summed E-state index contributed by atoms with van der Waals surface area (Å²) >= 11 is 6.38. The Hall–Kier alpha value is -1.48. The second-order valence-corrected chi connectivity index (χ2v) is 5.97. The number of hydrogen-bond acceptors (Lipinski definition) is 2. The quantitative estimate of drug-likeness (QED) is 0.645. The van der Waals surface area contributed by atoms with Gasteiger partial charge in [-0.05, 0) is 43.7 Å². The average Bonchev–Trinajstić information content (AvgIpc) is 2.50. The van der Waals surface area contributed by atoms with Crippen molar-refractivity contribution in [3.05, 3.63) is 43.0 Å². The van der Waals surface area contributed by atoms with Crippen LogP contribution in [0.15, 0.2) is 43.0 Å². The Morgan fingerprint density at radius 2 is 2.14 bits per heavy atom. The van der Waals surface area contributed by atoms with Crippen LogP contribution in [-0.2, 0) is 4.79 Å². The molecule has 1 aromatic rings. The Morgan fingerprint density at radius 3 is 2.86 bits per heavy atom. The van der Waals surface area contributed by atoms with Crippen molar-refractivity contribution < 1.29 is 9.53 Å². The molecule has 3 unspecified atom stereocenters. The summed E-state index contributed by atoms with van der Waals surface area (Å²) in [5.74, 6) is 0.872. The molecule has 1 saturated carbocycles. The van der Waals surface area contributed by atoms with Crippen LogP contribution in [0, 0.1) is 5.92 Å². The summed E-state index contributed by atoms with van der Waals surface area (Å²) in [5, 5.41) is 3.17. The van der Waals surface area contributed by atoms with Crippen molar-refractivity contribution in [2.24, 2.45) is 5.92 Å². The number of halogens is 1. The van der Waals surface area contributed by atoms with Gasteiger partial charge in [0.25, 0.3) is 5.91 Å². The number of para-hydroxylation sites is 1.